The molecule has 2 N–H and O–H groups in total. The number of hydrogen-bond acceptors (Lipinski definition) is 2. The summed E-state index contributed by atoms with van der Waals surface area (Å²) in [5.74, 6) is 0.904. The molecule has 1 heterocycles. The molecular weight excluding hydrogens is 326 g/mol. The lowest BCUT2D eigenvalue weighted by molar-refractivity contribution is 0.160. The molecule has 0 aliphatic carbocycles. The molecule has 0 amide bonds. The van der Waals surface area contributed by atoms with Crippen LogP contribution in [-0.2, 0) is 0 Å². The van der Waals surface area contributed by atoms with Gasteiger partial charge >= 0.3 is 0 Å². The topological polar surface area (TPSA) is 35.2 Å². The Bertz CT molecular complexity index is 673. The number of rotatable bonds is 1. The average molecular weight is 346 g/mol. The molecule has 0 saturated heterocycles. The van der Waals surface area contributed by atoms with E-state index in [1.54, 1.807) is 0 Å². The summed E-state index contributed by atoms with van der Waals surface area (Å²) in [5, 5.41) is 0. The molecule has 0 radical (unpaired) electrons. The van der Waals surface area contributed by atoms with Crippen LogP contribution in [0.3, 0.4) is 0 Å². The molecule has 0 bridgehead atoms. The molecule has 21 heavy (non-hydrogen) atoms. The number of benzene rings is 2. The lowest BCUT2D eigenvalue weighted by Gasteiger charge is -2.32. The predicted octanol–water partition coefficient (Wildman–Crippen LogP) is 4.90. The van der Waals surface area contributed by atoms with Crippen LogP contribution in [0.5, 0.6) is 5.75 Å². The van der Waals surface area contributed by atoms with E-state index in [9.17, 15) is 0 Å². The Morgan fingerprint density at radius 1 is 1.10 bits per heavy atom. The monoisotopic (exact) mass is 345 g/mol. The first-order valence-electron chi connectivity index (χ1n) is 7.25. The van der Waals surface area contributed by atoms with Crippen molar-refractivity contribution in [2.24, 2.45) is 5.73 Å². The van der Waals surface area contributed by atoms with Crippen LogP contribution in [-0.4, -0.2) is 0 Å². The normalized spacial score (nSPS) is 20.8. The summed E-state index contributed by atoms with van der Waals surface area (Å²) in [5.41, 5.74) is 12.6. The summed E-state index contributed by atoms with van der Waals surface area (Å²) in [6.07, 6.45) is 0.850. The minimum Gasteiger partial charge on any atom is -0.485 e. The quantitative estimate of drug-likeness (QED) is 0.797. The Morgan fingerprint density at radius 2 is 1.76 bits per heavy atom. The number of aryl methyl sites for hydroxylation is 3. The Kier molecular flexibility index (Phi) is 3.80. The fourth-order valence-corrected chi connectivity index (χ4v) is 3.73. The highest BCUT2D eigenvalue weighted by atomic mass is 79.9. The SMILES string of the molecule is Cc1cc(C)c(C2CC(N)c3cc(Br)ccc3O2)c(C)c1. The van der Waals surface area contributed by atoms with Crippen LogP contribution in [0.1, 0.15) is 46.4 Å². The van der Waals surface area contributed by atoms with Gasteiger partial charge in [-0.3, -0.25) is 0 Å². The first-order valence-corrected chi connectivity index (χ1v) is 8.04. The number of fused-ring (bicyclic) bond motifs is 1. The zero-order valence-electron chi connectivity index (χ0n) is 12.6. The molecule has 1 aliphatic heterocycles. The first kappa shape index (κ1) is 14.6. The van der Waals surface area contributed by atoms with Gasteiger partial charge in [0.1, 0.15) is 11.9 Å². The molecule has 3 rings (SSSR count). The summed E-state index contributed by atoms with van der Waals surface area (Å²) in [4.78, 5) is 0. The summed E-state index contributed by atoms with van der Waals surface area (Å²) in [6, 6.07) is 10.5. The molecule has 0 spiro atoms. The maximum absolute atomic E-state index is 6.37. The second-order valence-corrected chi connectivity index (χ2v) is 6.86. The molecule has 3 heteroatoms. The minimum absolute atomic E-state index is 0.0105. The third kappa shape index (κ3) is 2.72. The molecule has 2 aromatic rings. The van der Waals surface area contributed by atoms with Gasteiger partial charge in [-0.05, 0) is 55.7 Å². The standard InChI is InChI=1S/C18H20BrNO/c1-10-6-11(2)18(12(3)7-10)17-9-15(20)14-8-13(19)4-5-16(14)21-17/h4-8,15,17H,9,20H2,1-3H3. The first-order chi connectivity index (χ1) is 9.95. The highest BCUT2D eigenvalue weighted by Gasteiger charge is 2.29. The van der Waals surface area contributed by atoms with Crippen LogP contribution in [0.15, 0.2) is 34.8 Å². The van der Waals surface area contributed by atoms with E-state index in [0.717, 1.165) is 22.2 Å². The van der Waals surface area contributed by atoms with Crippen LogP contribution in [0.2, 0.25) is 0 Å². The fraction of sp³-hybridized carbons (Fsp3) is 0.333. The van der Waals surface area contributed by atoms with Crippen LogP contribution in [0.4, 0.5) is 0 Å². The number of halogens is 1. The van der Waals surface area contributed by atoms with Crippen LogP contribution in [0, 0.1) is 20.8 Å². The molecule has 0 aromatic heterocycles. The van der Waals surface area contributed by atoms with Gasteiger partial charge in [-0.1, -0.05) is 33.6 Å². The van der Waals surface area contributed by atoms with Crippen molar-refractivity contribution >= 4 is 15.9 Å². The Labute approximate surface area is 134 Å². The second kappa shape index (κ2) is 5.47. The Balaban J connectivity index is 2.02. The number of nitrogens with two attached hydrogens (primary N) is 1. The van der Waals surface area contributed by atoms with Crippen molar-refractivity contribution in [3.05, 3.63) is 62.6 Å². The van der Waals surface area contributed by atoms with E-state index >= 15 is 0 Å². The predicted molar refractivity (Wildman–Crippen MR) is 89.7 cm³/mol. The van der Waals surface area contributed by atoms with Crippen molar-refractivity contribution in [1.82, 2.24) is 0 Å². The Morgan fingerprint density at radius 3 is 2.43 bits per heavy atom. The van der Waals surface area contributed by atoms with E-state index in [1.807, 2.05) is 12.1 Å². The minimum atomic E-state index is 0.0105. The highest BCUT2D eigenvalue weighted by Crippen LogP contribution is 2.42. The largest absolute Gasteiger partial charge is 0.485 e. The molecule has 0 fully saturated rings. The lowest BCUT2D eigenvalue weighted by Crippen LogP contribution is -2.25. The van der Waals surface area contributed by atoms with Gasteiger partial charge in [0.2, 0.25) is 0 Å². The summed E-state index contributed by atoms with van der Waals surface area (Å²) in [7, 11) is 0. The van der Waals surface area contributed by atoms with Crippen LogP contribution in [0.25, 0.3) is 0 Å². The van der Waals surface area contributed by atoms with E-state index in [0.29, 0.717) is 0 Å². The number of ether oxygens (including phenoxy) is 1. The molecule has 2 unspecified atom stereocenters. The molecule has 0 saturated carbocycles. The zero-order valence-corrected chi connectivity index (χ0v) is 14.2. The van der Waals surface area contributed by atoms with Crippen molar-refractivity contribution in [2.75, 3.05) is 0 Å². The molecule has 110 valence electrons. The number of hydrogen-bond donors (Lipinski definition) is 1. The second-order valence-electron chi connectivity index (χ2n) is 5.94. The van der Waals surface area contributed by atoms with Crippen molar-refractivity contribution in [2.45, 2.75) is 39.3 Å². The van der Waals surface area contributed by atoms with Gasteiger partial charge in [-0.2, -0.15) is 0 Å². The maximum Gasteiger partial charge on any atom is 0.126 e. The molecular formula is C18H20BrNO. The average Bonchev–Trinajstić information content (AvgIpc) is 2.38. The van der Waals surface area contributed by atoms with Gasteiger partial charge in [0.05, 0.1) is 0 Å². The van der Waals surface area contributed by atoms with Crippen molar-refractivity contribution in [3.8, 4) is 5.75 Å². The van der Waals surface area contributed by atoms with Gasteiger partial charge < -0.3 is 10.5 Å². The summed E-state index contributed by atoms with van der Waals surface area (Å²) < 4.78 is 7.29. The summed E-state index contributed by atoms with van der Waals surface area (Å²) >= 11 is 3.50. The van der Waals surface area contributed by atoms with Crippen LogP contribution >= 0.6 is 15.9 Å². The van der Waals surface area contributed by atoms with Gasteiger partial charge in [-0.25, -0.2) is 0 Å². The van der Waals surface area contributed by atoms with Gasteiger partial charge in [0.25, 0.3) is 0 Å². The van der Waals surface area contributed by atoms with Gasteiger partial charge in [0, 0.05) is 22.5 Å². The van der Waals surface area contributed by atoms with Gasteiger partial charge in [0.15, 0.2) is 0 Å². The smallest absolute Gasteiger partial charge is 0.126 e. The molecule has 1 aliphatic rings. The third-order valence-corrected chi connectivity index (χ3v) is 4.66. The zero-order chi connectivity index (χ0) is 15.1. The fourth-order valence-electron chi connectivity index (χ4n) is 3.35. The lowest BCUT2D eigenvalue weighted by atomic mass is 9.88. The molecule has 2 aromatic carbocycles. The van der Waals surface area contributed by atoms with Crippen LogP contribution < -0.4 is 10.5 Å². The van der Waals surface area contributed by atoms with E-state index in [1.165, 1.54) is 22.3 Å². The van der Waals surface area contributed by atoms with Crippen molar-refractivity contribution < 1.29 is 4.74 Å². The molecule has 2 atom stereocenters. The van der Waals surface area contributed by atoms with E-state index in [4.69, 9.17) is 10.5 Å². The van der Waals surface area contributed by atoms with Gasteiger partial charge in [-0.15, -0.1) is 0 Å². The van der Waals surface area contributed by atoms with E-state index in [-0.39, 0.29) is 12.1 Å². The maximum atomic E-state index is 6.37. The highest BCUT2D eigenvalue weighted by molar-refractivity contribution is 9.10. The third-order valence-electron chi connectivity index (χ3n) is 4.17. The summed E-state index contributed by atoms with van der Waals surface area (Å²) in [6.45, 7) is 6.44. The molecule has 2 nitrogen and oxygen atoms in total. The van der Waals surface area contributed by atoms with E-state index < -0.39 is 0 Å². The van der Waals surface area contributed by atoms with Crippen molar-refractivity contribution in [1.29, 1.82) is 0 Å². The van der Waals surface area contributed by atoms with Crippen molar-refractivity contribution in [3.63, 3.8) is 0 Å². The Hall–Kier alpha value is -1.32. The van der Waals surface area contributed by atoms with E-state index in [2.05, 4.69) is 54.9 Å².